The molecule has 0 saturated carbocycles. The van der Waals surface area contributed by atoms with E-state index in [1.54, 1.807) is 13.8 Å². The van der Waals surface area contributed by atoms with Crippen LogP contribution in [0.1, 0.15) is 39.2 Å². The predicted molar refractivity (Wildman–Crippen MR) is 67.4 cm³/mol. The quantitative estimate of drug-likeness (QED) is 0.822. The van der Waals surface area contributed by atoms with Gasteiger partial charge in [0, 0.05) is 5.69 Å². The predicted octanol–water partition coefficient (Wildman–Crippen LogP) is 2.49. The smallest absolute Gasteiger partial charge is 0.243 e. The molecule has 0 spiro atoms. The number of hydrogen-bond acceptors (Lipinski definition) is 2. The maximum absolute atomic E-state index is 11.7. The average Bonchev–Trinajstić information content (AvgIpc) is 2.16. The number of hydrogen-bond donors (Lipinski definition) is 2. The van der Waals surface area contributed by atoms with Crippen LogP contribution in [0.15, 0.2) is 24.3 Å². The lowest BCUT2D eigenvalue weighted by Gasteiger charge is -2.18. The average molecular weight is 220 g/mol. The first-order valence-electron chi connectivity index (χ1n) is 5.51. The summed E-state index contributed by atoms with van der Waals surface area (Å²) in [5.74, 6) is 0.274. The molecule has 0 saturated heterocycles. The molecule has 1 amide bonds. The molecule has 0 aliphatic carbocycles. The molecule has 0 heterocycles. The van der Waals surface area contributed by atoms with E-state index in [0.717, 1.165) is 5.69 Å². The van der Waals surface area contributed by atoms with Gasteiger partial charge in [-0.3, -0.25) is 4.79 Å². The van der Waals surface area contributed by atoms with E-state index in [1.165, 1.54) is 5.56 Å². The SMILES string of the molecule is CC(C)c1cccc(NC(=O)C(C)(C)N)c1. The molecular weight excluding hydrogens is 200 g/mol. The molecule has 0 aliphatic heterocycles. The number of nitrogens with one attached hydrogen (secondary N) is 1. The van der Waals surface area contributed by atoms with Crippen molar-refractivity contribution in [3.05, 3.63) is 29.8 Å². The van der Waals surface area contributed by atoms with E-state index in [0.29, 0.717) is 5.92 Å². The molecule has 0 aromatic heterocycles. The van der Waals surface area contributed by atoms with Crippen molar-refractivity contribution in [2.24, 2.45) is 5.73 Å². The van der Waals surface area contributed by atoms with Gasteiger partial charge in [0.05, 0.1) is 5.54 Å². The topological polar surface area (TPSA) is 55.1 Å². The summed E-state index contributed by atoms with van der Waals surface area (Å²) in [4.78, 5) is 11.7. The highest BCUT2D eigenvalue weighted by Gasteiger charge is 2.21. The summed E-state index contributed by atoms with van der Waals surface area (Å²) < 4.78 is 0. The van der Waals surface area contributed by atoms with Crippen LogP contribution in [-0.2, 0) is 4.79 Å². The first-order chi connectivity index (χ1) is 7.30. The van der Waals surface area contributed by atoms with Crippen molar-refractivity contribution in [2.45, 2.75) is 39.2 Å². The molecule has 0 atom stereocenters. The van der Waals surface area contributed by atoms with Gasteiger partial charge in [-0.2, -0.15) is 0 Å². The van der Waals surface area contributed by atoms with Crippen LogP contribution in [0.5, 0.6) is 0 Å². The van der Waals surface area contributed by atoms with Crippen LogP contribution in [0.4, 0.5) is 5.69 Å². The van der Waals surface area contributed by atoms with Crippen LogP contribution in [0.2, 0.25) is 0 Å². The standard InChI is InChI=1S/C13H20N2O/c1-9(2)10-6-5-7-11(8-10)15-12(16)13(3,4)14/h5-9H,14H2,1-4H3,(H,15,16). The number of amides is 1. The number of benzene rings is 1. The lowest BCUT2D eigenvalue weighted by Crippen LogP contribution is -2.45. The largest absolute Gasteiger partial charge is 0.325 e. The fourth-order valence-corrected chi connectivity index (χ4v) is 1.27. The third kappa shape index (κ3) is 3.35. The summed E-state index contributed by atoms with van der Waals surface area (Å²) in [6.45, 7) is 7.62. The summed E-state index contributed by atoms with van der Waals surface area (Å²) in [5, 5.41) is 2.81. The third-order valence-electron chi connectivity index (χ3n) is 2.40. The molecule has 0 radical (unpaired) electrons. The monoisotopic (exact) mass is 220 g/mol. The Labute approximate surface area is 97.0 Å². The van der Waals surface area contributed by atoms with Crippen LogP contribution in [0, 0.1) is 0 Å². The number of rotatable bonds is 3. The second kappa shape index (κ2) is 4.66. The van der Waals surface area contributed by atoms with E-state index in [9.17, 15) is 4.79 Å². The minimum Gasteiger partial charge on any atom is -0.325 e. The Hall–Kier alpha value is -1.35. The van der Waals surface area contributed by atoms with Crippen LogP contribution in [0.3, 0.4) is 0 Å². The zero-order valence-corrected chi connectivity index (χ0v) is 10.4. The zero-order valence-electron chi connectivity index (χ0n) is 10.4. The number of carbonyl (C=O) groups is 1. The molecule has 3 heteroatoms. The third-order valence-corrected chi connectivity index (χ3v) is 2.40. The molecule has 0 fully saturated rings. The summed E-state index contributed by atoms with van der Waals surface area (Å²) in [5.41, 5.74) is 6.86. The van der Waals surface area contributed by atoms with E-state index in [-0.39, 0.29) is 5.91 Å². The maximum atomic E-state index is 11.7. The van der Waals surface area contributed by atoms with Gasteiger partial charge in [0.2, 0.25) is 5.91 Å². The first-order valence-corrected chi connectivity index (χ1v) is 5.51. The van der Waals surface area contributed by atoms with Gasteiger partial charge in [0.25, 0.3) is 0 Å². The van der Waals surface area contributed by atoms with Gasteiger partial charge >= 0.3 is 0 Å². The highest BCUT2D eigenvalue weighted by molar-refractivity contribution is 5.97. The normalized spacial score (nSPS) is 11.6. The highest BCUT2D eigenvalue weighted by atomic mass is 16.2. The van der Waals surface area contributed by atoms with E-state index in [1.807, 2.05) is 24.3 Å². The minimum absolute atomic E-state index is 0.173. The van der Waals surface area contributed by atoms with Crippen LogP contribution >= 0.6 is 0 Å². The van der Waals surface area contributed by atoms with Crippen LogP contribution < -0.4 is 11.1 Å². The van der Waals surface area contributed by atoms with Gasteiger partial charge in [-0.15, -0.1) is 0 Å². The number of nitrogens with two attached hydrogens (primary N) is 1. The van der Waals surface area contributed by atoms with Crippen molar-refractivity contribution in [1.29, 1.82) is 0 Å². The Morgan fingerprint density at radius 3 is 2.50 bits per heavy atom. The van der Waals surface area contributed by atoms with Crippen molar-refractivity contribution < 1.29 is 4.79 Å². The fraction of sp³-hybridized carbons (Fsp3) is 0.462. The van der Waals surface area contributed by atoms with Crippen molar-refractivity contribution in [2.75, 3.05) is 5.32 Å². The Morgan fingerprint density at radius 1 is 1.38 bits per heavy atom. The van der Waals surface area contributed by atoms with Crippen molar-refractivity contribution in [1.82, 2.24) is 0 Å². The Balaban J connectivity index is 2.83. The minimum atomic E-state index is -0.853. The van der Waals surface area contributed by atoms with E-state index in [2.05, 4.69) is 19.2 Å². The van der Waals surface area contributed by atoms with E-state index < -0.39 is 5.54 Å². The summed E-state index contributed by atoms with van der Waals surface area (Å²) in [6, 6.07) is 7.84. The Kier molecular flexibility index (Phi) is 3.70. The van der Waals surface area contributed by atoms with Crippen molar-refractivity contribution >= 4 is 11.6 Å². The molecule has 3 N–H and O–H groups in total. The van der Waals surface area contributed by atoms with Gasteiger partial charge in [-0.25, -0.2) is 0 Å². The van der Waals surface area contributed by atoms with Gasteiger partial charge in [-0.1, -0.05) is 26.0 Å². The van der Waals surface area contributed by atoms with E-state index in [4.69, 9.17) is 5.73 Å². The van der Waals surface area contributed by atoms with Gasteiger partial charge in [0.1, 0.15) is 0 Å². The molecule has 1 aromatic carbocycles. The summed E-state index contributed by atoms with van der Waals surface area (Å²) in [7, 11) is 0. The Morgan fingerprint density at radius 2 is 2.00 bits per heavy atom. The van der Waals surface area contributed by atoms with Gasteiger partial charge in [0.15, 0.2) is 0 Å². The first kappa shape index (κ1) is 12.7. The zero-order chi connectivity index (χ0) is 12.3. The lowest BCUT2D eigenvalue weighted by molar-refractivity contribution is -0.120. The van der Waals surface area contributed by atoms with Gasteiger partial charge in [-0.05, 0) is 37.5 Å². The second-order valence-corrected chi connectivity index (χ2v) is 4.96. The highest BCUT2D eigenvalue weighted by Crippen LogP contribution is 2.19. The molecule has 0 aliphatic rings. The van der Waals surface area contributed by atoms with Crippen molar-refractivity contribution in [3.63, 3.8) is 0 Å². The molecular formula is C13H20N2O. The molecule has 1 rings (SSSR count). The van der Waals surface area contributed by atoms with Crippen molar-refractivity contribution in [3.8, 4) is 0 Å². The lowest BCUT2D eigenvalue weighted by atomic mass is 10.0. The maximum Gasteiger partial charge on any atom is 0.243 e. The van der Waals surface area contributed by atoms with Crippen LogP contribution in [-0.4, -0.2) is 11.4 Å². The van der Waals surface area contributed by atoms with Gasteiger partial charge < -0.3 is 11.1 Å². The molecule has 1 aromatic rings. The number of carbonyl (C=O) groups excluding carboxylic acids is 1. The molecule has 0 unspecified atom stereocenters. The van der Waals surface area contributed by atoms with E-state index >= 15 is 0 Å². The second-order valence-electron chi connectivity index (χ2n) is 4.96. The molecule has 16 heavy (non-hydrogen) atoms. The van der Waals surface area contributed by atoms with Crippen LogP contribution in [0.25, 0.3) is 0 Å². The molecule has 3 nitrogen and oxygen atoms in total. The molecule has 0 bridgehead atoms. The Bertz CT molecular complexity index is 378. The number of anilines is 1. The molecule has 88 valence electrons. The fourth-order valence-electron chi connectivity index (χ4n) is 1.27. The summed E-state index contributed by atoms with van der Waals surface area (Å²) in [6.07, 6.45) is 0. The summed E-state index contributed by atoms with van der Waals surface area (Å²) >= 11 is 0.